The fourth-order valence-electron chi connectivity index (χ4n) is 1.95. The van der Waals surface area contributed by atoms with Crippen molar-refractivity contribution in [2.75, 3.05) is 13.1 Å². The van der Waals surface area contributed by atoms with Crippen molar-refractivity contribution in [2.24, 2.45) is 5.73 Å². The Morgan fingerprint density at radius 3 is 2.53 bits per heavy atom. The molecule has 0 saturated heterocycles. The second kappa shape index (κ2) is 8.27. The summed E-state index contributed by atoms with van der Waals surface area (Å²) in [6, 6.07) is 10.5. The number of halogens is 1. The van der Waals surface area contributed by atoms with E-state index in [4.69, 9.17) is 5.73 Å². The molecule has 0 aliphatic heterocycles. The van der Waals surface area contributed by atoms with Gasteiger partial charge in [0.2, 0.25) is 0 Å². The second-order valence-corrected chi connectivity index (χ2v) is 5.41. The molecular formula is C14H20ClN3S. The maximum Gasteiger partial charge on any atom is 0.0897 e. The largest absolute Gasteiger partial charge is 0.329 e. The molecule has 19 heavy (non-hydrogen) atoms. The number of benzene rings is 1. The molecule has 0 aliphatic carbocycles. The van der Waals surface area contributed by atoms with Crippen LogP contribution in [0.15, 0.2) is 35.7 Å². The highest BCUT2D eigenvalue weighted by molar-refractivity contribution is 7.09. The monoisotopic (exact) mass is 297 g/mol. The highest BCUT2D eigenvalue weighted by Gasteiger charge is 2.08. The van der Waals surface area contributed by atoms with Crippen LogP contribution in [0.25, 0.3) is 0 Å². The summed E-state index contributed by atoms with van der Waals surface area (Å²) in [7, 11) is 0. The van der Waals surface area contributed by atoms with Crippen molar-refractivity contribution in [2.45, 2.75) is 20.0 Å². The van der Waals surface area contributed by atoms with Crippen LogP contribution in [0, 0.1) is 6.92 Å². The van der Waals surface area contributed by atoms with Crippen LogP contribution in [0.5, 0.6) is 0 Å². The standard InChI is InChI=1S/C14H19N3S.ClH/c1-12-16-14(11-18-12)10-17(8-7-15)9-13-5-3-2-4-6-13;/h2-6,11H,7-10,15H2,1H3;1H. The zero-order valence-corrected chi connectivity index (χ0v) is 12.7. The molecule has 0 bridgehead atoms. The first kappa shape index (κ1) is 16.1. The molecule has 3 nitrogen and oxygen atoms in total. The Bertz CT molecular complexity index is 473. The van der Waals surface area contributed by atoms with E-state index in [1.807, 2.05) is 13.0 Å². The second-order valence-electron chi connectivity index (χ2n) is 4.34. The Labute approximate surface area is 124 Å². The third-order valence-corrected chi connectivity index (χ3v) is 3.57. The van der Waals surface area contributed by atoms with Crippen LogP contribution in [0.1, 0.15) is 16.3 Å². The fraction of sp³-hybridized carbons (Fsp3) is 0.357. The van der Waals surface area contributed by atoms with Gasteiger partial charge in [0.1, 0.15) is 0 Å². The highest BCUT2D eigenvalue weighted by Crippen LogP contribution is 2.12. The molecule has 2 aromatic rings. The lowest BCUT2D eigenvalue weighted by Crippen LogP contribution is -2.28. The molecule has 0 atom stereocenters. The first-order valence-corrected chi connectivity index (χ1v) is 7.03. The van der Waals surface area contributed by atoms with Crippen LogP contribution in [0.4, 0.5) is 0 Å². The summed E-state index contributed by atoms with van der Waals surface area (Å²) in [6.07, 6.45) is 0. The number of hydrogen-bond acceptors (Lipinski definition) is 4. The molecule has 0 spiro atoms. The number of rotatable bonds is 6. The van der Waals surface area contributed by atoms with Crippen LogP contribution in [-0.4, -0.2) is 23.0 Å². The van der Waals surface area contributed by atoms with Gasteiger partial charge in [-0.15, -0.1) is 23.7 Å². The van der Waals surface area contributed by atoms with E-state index in [0.29, 0.717) is 6.54 Å². The first-order valence-electron chi connectivity index (χ1n) is 6.15. The summed E-state index contributed by atoms with van der Waals surface area (Å²) in [5.41, 5.74) is 8.14. The van der Waals surface area contributed by atoms with Gasteiger partial charge >= 0.3 is 0 Å². The predicted molar refractivity (Wildman–Crippen MR) is 83.7 cm³/mol. The number of aryl methyl sites for hydroxylation is 1. The van der Waals surface area contributed by atoms with Crippen molar-refractivity contribution < 1.29 is 0 Å². The average molecular weight is 298 g/mol. The fourth-order valence-corrected chi connectivity index (χ4v) is 2.55. The SMILES string of the molecule is Cc1nc(CN(CCN)Cc2ccccc2)cs1.Cl. The number of nitrogens with zero attached hydrogens (tertiary/aromatic N) is 2. The molecule has 1 aromatic carbocycles. The maximum atomic E-state index is 5.68. The normalized spacial score (nSPS) is 10.5. The van der Waals surface area contributed by atoms with E-state index in [2.05, 4.69) is 39.5 Å². The van der Waals surface area contributed by atoms with Crippen molar-refractivity contribution in [1.82, 2.24) is 9.88 Å². The van der Waals surface area contributed by atoms with Gasteiger partial charge in [-0.25, -0.2) is 4.98 Å². The molecule has 1 heterocycles. The molecule has 0 aliphatic rings. The van der Waals surface area contributed by atoms with E-state index in [-0.39, 0.29) is 12.4 Å². The summed E-state index contributed by atoms with van der Waals surface area (Å²) in [4.78, 5) is 6.85. The number of thiazole rings is 1. The molecule has 5 heteroatoms. The molecule has 2 rings (SSSR count). The summed E-state index contributed by atoms with van der Waals surface area (Å²) in [5.74, 6) is 0. The molecule has 0 unspecified atom stereocenters. The van der Waals surface area contributed by atoms with Crippen molar-refractivity contribution in [3.63, 3.8) is 0 Å². The highest BCUT2D eigenvalue weighted by atomic mass is 35.5. The summed E-state index contributed by atoms with van der Waals surface area (Å²) >= 11 is 1.70. The van der Waals surface area contributed by atoms with Gasteiger partial charge in [-0.2, -0.15) is 0 Å². The van der Waals surface area contributed by atoms with Gasteiger partial charge in [0.25, 0.3) is 0 Å². The van der Waals surface area contributed by atoms with Gasteiger partial charge in [0, 0.05) is 31.6 Å². The van der Waals surface area contributed by atoms with E-state index < -0.39 is 0 Å². The van der Waals surface area contributed by atoms with Gasteiger partial charge in [0.05, 0.1) is 10.7 Å². The van der Waals surface area contributed by atoms with Gasteiger partial charge in [-0.1, -0.05) is 30.3 Å². The van der Waals surface area contributed by atoms with Crippen LogP contribution in [-0.2, 0) is 13.1 Å². The predicted octanol–water partition coefficient (Wildman–Crippen LogP) is 2.83. The summed E-state index contributed by atoms with van der Waals surface area (Å²) in [5, 5.41) is 3.25. The molecule has 1 aromatic heterocycles. The number of nitrogens with two attached hydrogens (primary N) is 1. The minimum absolute atomic E-state index is 0. The minimum Gasteiger partial charge on any atom is -0.329 e. The number of aromatic nitrogens is 1. The lowest BCUT2D eigenvalue weighted by Gasteiger charge is -2.20. The van der Waals surface area contributed by atoms with Crippen molar-refractivity contribution in [1.29, 1.82) is 0 Å². The Hall–Kier alpha value is -0.940. The Balaban J connectivity index is 0.00000180. The van der Waals surface area contributed by atoms with E-state index in [1.165, 1.54) is 5.56 Å². The Kier molecular flexibility index (Phi) is 7.02. The van der Waals surface area contributed by atoms with Gasteiger partial charge in [0.15, 0.2) is 0 Å². The van der Waals surface area contributed by atoms with Crippen molar-refractivity contribution in [3.05, 3.63) is 52.0 Å². The smallest absolute Gasteiger partial charge is 0.0897 e. The lowest BCUT2D eigenvalue weighted by molar-refractivity contribution is 0.261. The summed E-state index contributed by atoms with van der Waals surface area (Å²) < 4.78 is 0. The van der Waals surface area contributed by atoms with E-state index in [1.54, 1.807) is 11.3 Å². The Morgan fingerprint density at radius 2 is 1.95 bits per heavy atom. The van der Waals surface area contributed by atoms with E-state index >= 15 is 0 Å². The van der Waals surface area contributed by atoms with Crippen molar-refractivity contribution in [3.8, 4) is 0 Å². The Morgan fingerprint density at radius 1 is 1.21 bits per heavy atom. The van der Waals surface area contributed by atoms with Crippen LogP contribution in [0.3, 0.4) is 0 Å². The van der Waals surface area contributed by atoms with Crippen LogP contribution >= 0.6 is 23.7 Å². The molecule has 0 radical (unpaired) electrons. The van der Waals surface area contributed by atoms with Gasteiger partial charge in [-0.05, 0) is 12.5 Å². The van der Waals surface area contributed by atoms with Gasteiger partial charge < -0.3 is 5.73 Å². The molecule has 0 amide bonds. The lowest BCUT2D eigenvalue weighted by atomic mass is 10.2. The summed E-state index contributed by atoms with van der Waals surface area (Å²) in [6.45, 7) is 5.41. The molecule has 104 valence electrons. The average Bonchev–Trinajstić information content (AvgIpc) is 2.76. The third kappa shape index (κ3) is 5.28. The van der Waals surface area contributed by atoms with Gasteiger partial charge in [-0.3, -0.25) is 4.90 Å². The molecular weight excluding hydrogens is 278 g/mol. The van der Waals surface area contributed by atoms with E-state index in [9.17, 15) is 0 Å². The van der Waals surface area contributed by atoms with Crippen molar-refractivity contribution >= 4 is 23.7 Å². The topological polar surface area (TPSA) is 42.2 Å². The maximum absolute atomic E-state index is 5.68. The first-order chi connectivity index (χ1) is 8.78. The number of hydrogen-bond donors (Lipinski definition) is 1. The van der Waals surface area contributed by atoms with Crippen LogP contribution in [0.2, 0.25) is 0 Å². The quantitative estimate of drug-likeness (QED) is 0.891. The zero-order valence-electron chi connectivity index (χ0n) is 11.1. The van der Waals surface area contributed by atoms with E-state index in [0.717, 1.165) is 30.3 Å². The minimum atomic E-state index is 0. The molecule has 0 saturated carbocycles. The molecule has 0 fully saturated rings. The van der Waals surface area contributed by atoms with Crippen LogP contribution < -0.4 is 5.73 Å². The molecule has 2 N–H and O–H groups in total. The third-order valence-electron chi connectivity index (χ3n) is 2.75. The zero-order chi connectivity index (χ0) is 12.8.